The van der Waals surface area contributed by atoms with E-state index in [0.717, 1.165) is 10.6 Å². The molecule has 0 saturated heterocycles. The summed E-state index contributed by atoms with van der Waals surface area (Å²) < 4.78 is 34.7. The summed E-state index contributed by atoms with van der Waals surface area (Å²) in [5.74, 6) is -0.356. The normalized spacial score (nSPS) is 18.5. The quantitative estimate of drug-likeness (QED) is 0.763. The zero-order valence-electron chi connectivity index (χ0n) is 10.3. The maximum absolute atomic E-state index is 11.8. The van der Waals surface area contributed by atoms with Crippen molar-refractivity contribution in [3.8, 4) is 5.75 Å². The van der Waals surface area contributed by atoms with E-state index < -0.39 is 22.1 Å². The molecule has 0 N–H and O–H groups in total. The van der Waals surface area contributed by atoms with Gasteiger partial charge in [0.15, 0.2) is 0 Å². The Morgan fingerprint density at radius 3 is 2.79 bits per heavy atom. The fourth-order valence-electron chi connectivity index (χ4n) is 1.79. The summed E-state index contributed by atoms with van der Waals surface area (Å²) in [6.07, 6.45) is 0.0607. The minimum atomic E-state index is -3.54. The molecular weight excluding hydrogens is 294 g/mol. The Kier molecular flexibility index (Phi) is 3.60. The highest BCUT2D eigenvalue weighted by atomic mass is 35.5. The first kappa shape index (κ1) is 14.0. The van der Waals surface area contributed by atoms with Crippen LogP contribution in [0.15, 0.2) is 18.2 Å². The minimum Gasteiger partial charge on any atom is -0.475 e. The number of rotatable bonds is 2. The van der Waals surface area contributed by atoms with Gasteiger partial charge in [-0.05, 0) is 18.2 Å². The molecule has 8 heteroatoms. The lowest BCUT2D eigenvalue weighted by atomic mass is 10.2. The second kappa shape index (κ2) is 4.90. The molecule has 0 aromatic heterocycles. The fourth-order valence-corrected chi connectivity index (χ4v) is 2.87. The SMILES string of the molecule is COC(=O)C1CN(S(C)(=O)=O)c2cc(Cl)ccc2O1. The number of methoxy groups -OCH3 is 1. The summed E-state index contributed by atoms with van der Waals surface area (Å²) in [7, 11) is -2.33. The van der Waals surface area contributed by atoms with Gasteiger partial charge in [0.1, 0.15) is 5.75 Å². The molecule has 0 radical (unpaired) electrons. The summed E-state index contributed by atoms with van der Waals surface area (Å²) in [4.78, 5) is 11.5. The number of hydrogen-bond acceptors (Lipinski definition) is 5. The number of fused-ring (bicyclic) bond motifs is 1. The van der Waals surface area contributed by atoms with Crippen molar-refractivity contribution in [1.82, 2.24) is 0 Å². The Balaban J connectivity index is 2.49. The van der Waals surface area contributed by atoms with E-state index in [2.05, 4.69) is 4.74 Å². The summed E-state index contributed by atoms with van der Waals surface area (Å²) in [5.41, 5.74) is 0.315. The van der Waals surface area contributed by atoms with E-state index in [1.807, 2.05) is 0 Å². The lowest BCUT2D eigenvalue weighted by molar-refractivity contribution is -0.148. The molecule has 1 atom stereocenters. The largest absolute Gasteiger partial charge is 0.475 e. The van der Waals surface area contributed by atoms with Gasteiger partial charge in [-0.25, -0.2) is 13.2 Å². The second-order valence-electron chi connectivity index (χ2n) is 4.04. The van der Waals surface area contributed by atoms with E-state index >= 15 is 0 Å². The van der Waals surface area contributed by atoms with Gasteiger partial charge in [0.2, 0.25) is 16.1 Å². The molecule has 1 aliphatic rings. The number of benzene rings is 1. The zero-order chi connectivity index (χ0) is 14.2. The van der Waals surface area contributed by atoms with E-state index in [1.54, 1.807) is 6.07 Å². The van der Waals surface area contributed by atoms with Crippen LogP contribution in [-0.4, -0.2) is 40.4 Å². The Bertz CT molecular complexity index is 616. The van der Waals surface area contributed by atoms with E-state index in [1.165, 1.54) is 19.2 Å². The molecule has 6 nitrogen and oxygen atoms in total. The number of sulfonamides is 1. The molecule has 2 rings (SSSR count). The summed E-state index contributed by atoms with van der Waals surface area (Å²) in [6, 6.07) is 4.55. The third-order valence-corrected chi connectivity index (χ3v) is 4.04. The van der Waals surface area contributed by atoms with Crippen LogP contribution in [0.4, 0.5) is 5.69 Å². The van der Waals surface area contributed by atoms with Gasteiger partial charge >= 0.3 is 5.97 Å². The van der Waals surface area contributed by atoms with Gasteiger partial charge in [-0.15, -0.1) is 0 Å². The summed E-state index contributed by atoms with van der Waals surface area (Å²) in [6.45, 7) is -0.140. The number of carbonyl (C=O) groups is 1. The molecule has 1 unspecified atom stereocenters. The van der Waals surface area contributed by atoms with Crippen molar-refractivity contribution in [2.45, 2.75) is 6.10 Å². The van der Waals surface area contributed by atoms with Gasteiger partial charge in [0.05, 0.1) is 25.6 Å². The fraction of sp³-hybridized carbons (Fsp3) is 0.364. The minimum absolute atomic E-state index is 0.140. The van der Waals surface area contributed by atoms with Crippen molar-refractivity contribution in [2.75, 3.05) is 24.2 Å². The van der Waals surface area contributed by atoms with Gasteiger partial charge in [-0.3, -0.25) is 4.31 Å². The van der Waals surface area contributed by atoms with E-state index in [9.17, 15) is 13.2 Å². The van der Waals surface area contributed by atoms with Gasteiger partial charge in [-0.1, -0.05) is 11.6 Å². The average molecular weight is 306 g/mol. The molecule has 104 valence electrons. The average Bonchev–Trinajstić information content (AvgIpc) is 2.35. The highest BCUT2D eigenvalue weighted by molar-refractivity contribution is 7.92. The first-order chi connectivity index (χ1) is 8.82. The Morgan fingerprint density at radius 2 is 2.21 bits per heavy atom. The molecular formula is C11H12ClNO5S. The lowest BCUT2D eigenvalue weighted by Gasteiger charge is -2.33. The van der Waals surface area contributed by atoms with Gasteiger partial charge < -0.3 is 9.47 Å². The van der Waals surface area contributed by atoms with Crippen LogP contribution in [-0.2, 0) is 19.6 Å². The predicted molar refractivity (Wildman–Crippen MR) is 70.1 cm³/mol. The molecule has 0 amide bonds. The van der Waals surface area contributed by atoms with Crippen molar-refractivity contribution in [1.29, 1.82) is 0 Å². The van der Waals surface area contributed by atoms with Crippen molar-refractivity contribution in [3.05, 3.63) is 23.2 Å². The first-order valence-corrected chi connectivity index (χ1v) is 7.57. The van der Waals surface area contributed by atoms with Gasteiger partial charge in [0, 0.05) is 5.02 Å². The molecule has 1 aromatic carbocycles. The van der Waals surface area contributed by atoms with E-state index in [4.69, 9.17) is 16.3 Å². The third-order valence-electron chi connectivity index (χ3n) is 2.65. The molecule has 19 heavy (non-hydrogen) atoms. The van der Waals surface area contributed by atoms with Crippen LogP contribution < -0.4 is 9.04 Å². The molecule has 1 aliphatic heterocycles. The number of esters is 1. The van der Waals surface area contributed by atoms with Crippen LogP contribution in [0.25, 0.3) is 0 Å². The van der Waals surface area contributed by atoms with Crippen molar-refractivity contribution in [3.63, 3.8) is 0 Å². The second-order valence-corrected chi connectivity index (χ2v) is 6.38. The third kappa shape index (κ3) is 2.76. The molecule has 1 heterocycles. The van der Waals surface area contributed by atoms with Gasteiger partial charge in [-0.2, -0.15) is 0 Å². The predicted octanol–water partition coefficient (Wildman–Crippen LogP) is 1.04. The molecule has 0 bridgehead atoms. The molecule has 0 aliphatic carbocycles. The van der Waals surface area contributed by atoms with Crippen LogP contribution >= 0.6 is 11.6 Å². The van der Waals surface area contributed by atoms with E-state index in [0.29, 0.717) is 10.7 Å². The summed E-state index contributed by atoms with van der Waals surface area (Å²) >= 11 is 5.85. The smallest absolute Gasteiger partial charge is 0.348 e. The molecule has 0 spiro atoms. The monoisotopic (exact) mass is 305 g/mol. The maximum atomic E-state index is 11.8. The van der Waals surface area contributed by atoms with Crippen LogP contribution in [0.1, 0.15) is 0 Å². The Labute approximate surface area is 115 Å². The number of hydrogen-bond donors (Lipinski definition) is 0. The molecule has 1 aromatic rings. The number of halogens is 1. The molecule has 0 fully saturated rings. The number of carbonyl (C=O) groups excluding carboxylic acids is 1. The maximum Gasteiger partial charge on any atom is 0.348 e. The number of nitrogens with zero attached hydrogens (tertiary/aromatic N) is 1. The van der Waals surface area contributed by atoms with Crippen molar-refractivity contribution >= 4 is 33.3 Å². The number of anilines is 1. The van der Waals surface area contributed by atoms with Crippen LogP contribution in [0.5, 0.6) is 5.75 Å². The van der Waals surface area contributed by atoms with Crippen molar-refractivity contribution in [2.24, 2.45) is 0 Å². The van der Waals surface area contributed by atoms with Crippen molar-refractivity contribution < 1.29 is 22.7 Å². The Hall–Kier alpha value is -1.47. The van der Waals surface area contributed by atoms with Crippen LogP contribution in [0, 0.1) is 0 Å². The standard InChI is InChI=1S/C11H12ClNO5S/c1-17-11(14)10-6-13(19(2,15)16)8-5-7(12)3-4-9(8)18-10/h3-5,10H,6H2,1-2H3. The topological polar surface area (TPSA) is 72.9 Å². The highest BCUT2D eigenvalue weighted by Crippen LogP contribution is 2.37. The van der Waals surface area contributed by atoms with Crippen LogP contribution in [0.3, 0.4) is 0 Å². The van der Waals surface area contributed by atoms with Gasteiger partial charge in [0.25, 0.3) is 0 Å². The van der Waals surface area contributed by atoms with Crippen LogP contribution in [0.2, 0.25) is 5.02 Å². The first-order valence-electron chi connectivity index (χ1n) is 5.34. The van der Waals surface area contributed by atoms with E-state index in [-0.39, 0.29) is 12.3 Å². The highest BCUT2D eigenvalue weighted by Gasteiger charge is 2.35. The number of ether oxygens (including phenoxy) is 2. The lowest BCUT2D eigenvalue weighted by Crippen LogP contribution is -2.47. The Morgan fingerprint density at radius 1 is 1.53 bits per heavy atom. The summed E-state index contributed by atoms with van der Waals surface area (Å²) in [5, 5.41) is 0.382. The zero-order valence-corrected chi connectivity index (χ0v) is 11.9. The molecule has 0 saturated carbocycles.